The smallest absolute Gasteiger partial charge is 0.258 e. The van der Waals surface area contributed by atoms with Gasteiger partial charge in [-0.2, -0.15) is 0 Å². The fourth-order valence-corrected chi connectivity index (χ4v) is 3.57. The standard InChI is InChI=1S/C21H28N6O2/c1-26-8-10-27(11-9-26)18-6-4-17(5-7-18)25-20(28)16-13-22-21(23-14-16)24-15-19-3-2-12-29-19/h4-7,13-14,19H,2-3,8-12,15H2,1H3,(H,25,28)(H,22,23,24). The van der Waals surface area contributed by atoms with E-state index in [9.17, 15) is 4.79 Å². The largest absolute Gasteiger partial charge is 0.376 e. The summed E-state index contributed by atoms with van der Waals surface area (Å²) >= 11 is 0. The van der Waals surface area contributed by atoms with Gasteiger partial charge in [-0.1, -0.05) is 0 Å². The minimum Gasteiger partial charge on any atom is -0.376 e. The maximum Gasteiger partial charge on any atom is 0.258 e. The average Bonchev–Trinajstić information content (AvgIpc) is 3.27. The molecule has 0 aliphatic carbocycles. The van der Waals surface area contributed by atoms with Gasteiger partial charge in [-0.25, -0.2) is 9.97 Å². The lowest BCUT2D eigenvalue weighted by Crippen LogP contribution is -2.44. The summed E-state index contributed by atoms with van der Waals surface area (Å²) in [5.74, 6) is 0.289. The number of aromatic nitrogens is 2. The van der Waals surface area contributed by atoms with Crippen molar-refractivity contribution in [2.75, 3.05) is 61.9 Å². The van der Waals surface area contributed by atoms with Gasteiger partial charge in [0.2, 0.25) is 5.95 Å². The van der Waals surface area contributed by atoms with E-state index < -0.39 is 0 Å². The molecule has 0 spiro atoms. The van der Waals surface area contributed by atoms with Crippen LogP contribution in [-0.4, -0.2) is 73.3 Å². The van der Waals surface area contributed by atoms with Crippen LogP contribution in [-0.2, 0) is 4.74 Å². The van der Waals surface area contributed by atoms with Crippen LogP contribution in [0.15, 0.2) is 36.7 Å². The number of likely N-dealkylation sites (N-methyl/N-ethyl adjacent to an activating group) is 1. The molecule has 2 saturated heterocycles. The molecule has 2 aliphatic heterocycles. The Hall–Kier alpha value is -2.71. The molecule has 2 aromatic rings. The number of amides is 1. The second-order valence-corrected chi connectivity index (χ2v) is 7.60. The Kier molecular flexibility index (Phi) is 6.21. The second kappa shape index (κ2) is 9.19. The third-order valence-corrected chi connectivity index (χ3v) is 5.42. The van der Waals surface area contributed by atoms with Crippen LogP contribution < -0.4 is 15.5 Å². The van der Waals surface area contributed by atoms with Gasteiger partial charge in [0.1, 0.15) is 0 Å². The van der Waals surface area contributed by atoms with Crippen molar-refractivity contribution in [2.45, 2.75) is 18.9 Å². The Labute approximate surface area is 171 Å². The SMILES string of the molecule is CN1CCN(c2ccc(NC(=O)c3cnc(NCC4CCCO4)nc3)cc2)CC1. The van der Waals surface area contributed by atoms with E-state index in [0.717, 1.165) is 51.3 Å². The van der Waals surface area contributed by atoms with Crippen molar-refractivity contribution in [1.29, 1.82) is 0 Å². The minimum atomic E-state index is -0.219. The monoisotopic (exact) mass is 396 g/mol. The molecule has 2 aliphatic rings. The molecule has 154 valence electrons. The lowest BCUT2D eigenvalue weighted by Gasteiger charge is -2.34. The topological polar surface area (TPSA) is 82.6 Å². The number of anilines is 3. The van der Waals surface area contributed by atoms with Gasteiger partial charge in [0.15, 0.2) is 0 Å². The zero-order valence-electron chi connectivity index (χ0n) is 16.8. The normalized spacial score (nSPS) is 19.9. The number of ether oxygens (including phenoxy) is 1. The summed E-state index contributed by atoms with van der Waals surface area (Å²) < 4.78 is 5.57. The van der Waals surface area contributed by atoms with Crippen LogP contribution in [0.25, 0.3) is 0 Å². The van der Waals surface area contributed by atoms with Crippen molar-refractivity contribution in [2.24, 2.45) is 0 Å². The first-order valence-corrected chi connectivity index (χ1v) is 10.2. The van der Waals surface area contributed by atoms with Gasteiger partial charge in [0.05, 0.1) is 11.7 Å². The molecule has 29 heavy (non-hydrogen) atoms. The summed E-state index contributed by atoms with van der Waals surface area (Å²) in [7, 11) is 2.15. The minimum absolute atomic E-state index is 0.218. The van der Waals surface area contributed by atoms with E-state index in [2.05, 4.69) is 49.6 Å². The summed E-state index contributed by atoms with van der Waals surface area (Å²) in [6.45, 7) is 5.68. The molecule has 2 N–H and O–H groups in total. The molecule has 0 bridgehead atoms. The predicted molar refractivity (Wildman–Crippen MR) is 114 cm³/mol. The van der Waals surface area contributed by atoms with Crippen LogP contribution in [0.5, 0.6) is 0 Å². The molecule has 4 rings (SSSR count). The van der Waals surface area contributed by atoms with Crippen molar-refractivity contribution < 1.29 is 9.53 Å². The van der Waals surface area contributed by atoms with Gasteiger partial charge in [-0.05, 0) is 44.2 Å². The predicted octanol–water partition coefficient (Wildman–Crippen LogP) is 2.07. The maximum atomic E-state index is 12.5. The lowest BCUT2D eigenvalue weighted by molar-refractivity contribution is 0.102. The van der Waals surface area contributed by atoms with E-state index in [1.807, 2.05) is 12.1 Å². The quantitative estimate of drug-likeness (QED) is 0.773. The molecule has 8 heteroatoms. The fourth-order valence-electron chi connectivity index (χ4n) is 3.57. The van der Waals surface area contributed by atoms with E-state index in [0.29, 0.717) is 18.1 Å². The molecular weight excluding hydrogens is 368 g/mol. The Morgan fingerprint density at radius 2 is 1.86 bits per heavy atom. The van der Waals surface area contributed by atoms with E-state index in [1.165, 1.54) is 5.69 Å². The van der Waals surface area contributed by atoms with Crippen LogP contribution in [0.4, 0.5) is 17.3 Å². The Bertz CT molecular complexity index is 797. The van der Waals surface area contributed by atoms with E-state index in [1.54, 1.807) is 12.4 Å². The number of piperazine rings is 1. The van der Waals surface area contributed by atoms with E-state index >= 15 is 0 Å². The summed E-state index contributed by atoms with van der Waals surface area (Å²) in [5, 5.41) is 6.06. The molecular formula is C21H28N6O2. The highest BCUT2D eigenvalue weighted by Gasteiger charge is 2.16. The highest BCUT2D eigenvalue weighted by atomic mass is 16.5. The molecule has 1 atom stereocenters. The van der Waals surface area contributed by atoms with E-state index in [4.69, 9.17) is 4.74 Å². The van der Waals surface area contributed by atoms with Gasteiger partial charge >= 0.3 is 0 Å². The first kappa shape index (κ1) is 19.6. The Morgan fingerprint density at radius 1 is 1.14 bits per heavy atom. The maximum absolute atomic E-state index is 12.5. The van der Waals surface area contributed by atoms with Crippen molar-refractivity contribution >= 4 is 23.2 Å². The third kappa shape index (κ3) is 5.21. The number of carbonyl (C=O) groups excluding carboxylic acids is 1. The zero-order chi connectivity index (χ0) is 20.1. The molecule has 1 amide bonds. The Balaban J connectivity index is 1.29. The molecule has 0 radical (unpaired) electrons. The molecule has 1 aromatic carbocycles. The molecule has 2 fully saturated rings. The number of rotatable bonds is 6. The van der Waals surface area contributed by atoms with Crippen molar-refractivity contribution in [3.8, 4) is 0 Å². The van der Waals surface area contributed by atoms with Gasteiger partial charge < -0.3 is 25.2 Å². The molecule has 1 aromatic heterocycles. The number of benzene rings is 1. The summed E-state index contributed by atoms with van der Waals surface area (Å²) in [4.78, 5) is 25.6. The Morgan fingerprint density at radius 3 is 2.52 bits per heavy atom. The summed E-state index contributed by atoms with van der Waals surface area (Å²) in [6.07, 6.45) is 5.46. The van der Waals surface area contributed by atoms with Crippen molar-refractivity contribution in [3.05, 3.63) is 42.2 Å². The average molecular weight is 396 g/mol. The first-order chi connectivity index (χ1) is 14.2. The van der Waals surface area contributed by atoms with Crippen LogP contribution >= 0.6 is 0 Å². The summed E-state index contributed by atoms with van der Waals surface area (Å²) in [6, 6.07) is 7.97. The van der Waals surface area contributed by atoms with Gasteiger partial charge in [-0.15, -0.1) is 0 Å². The van der Waals surface area contributed by atoms with Crippen LogP contribution in [0, 0.1) is 0 Å². The highest BCUT2D eigenvalue weighted by Crippen LogP contribution is 2.20. The van der Waals surface area contributed by atoms with Gasteiger partial charge in [-0.3, -0.25) is 4.79 Å². The van der Waals surface area contributed by atoms with Gasteiger partial charge in [0.25, 0.3) is 5.91 Å². The zero-order valence-corrected chi connectivity index (χ0v) is 16.8. The fraction of sp³-hybridized carbons (Fsp3) is 0.476. The number of hydrogen-bond donors (Lipinski definition) is 2. The molecule has 0 saturated carbocycles. The molecule has 1 unspecified atom stereocenters. The number of nitrogens with zero attached hydrogens (tertiary/aromatic N) is 4. The van der Waals surface area contributed by atoms with Crippen LogP contribution in [0.1, 0.15) is 23.2 Å². The van der Waals surface area contributed by atoms with Crippen molar-refractivity contribution in [3.63, 3.8) is 0 Å². The second-order valence-electron chi connectivity index (χ2n) is 7.60. The van der Waals surface area contributed by atoms with Gasteiger partial charge in [0, 0.05) is 63.1 Å². The number of nitrogens with one attached hydrogen (secondary N) is 2. The molecule has 3 heterocycles. The first-order valence-electron chi connectivity index (χ1n) is 10.2. The van der Waals surface area contributed by atoms with Crippen molar-refractivity contribution in [1.82, 2.24) is 14.9 Å². The molecule has 8 nitrogen and oxygen atoms in total. The summed E-state index contributed by atoms with van der Waals surface area (Å²) in [5.41, 5.74) is 2.37. The van der Waals surface area contributed by atoms with Crippen LogP contribution in [0.3, 0.4) is 0 Å². The lowest BCUT2D eigenvalue weighted by atomic mass is 10.2. The number of hydrogen-bond acceptors (Lipinski definition) is 7. The van der Waals surface area contributed by atoms with E-state index in [-0.39, 0.29) is 12.0 Å². The van der Waals surface area contributed by atoms with Crippen LogP contribution in [0.2, 0.25) is 0 Å². The third-order valence-electron chi connectivity index (χ3n) is 5.42. The highest BCUT2D eigenvalue weighted by molar-refractivity contribution is 6.03. The number of carbonyl (C=O) groups is 1.